The molecule has 0 aliphatic rings. The second-order valence-electron chi connectivity index (χ2n) is 6.40. The summed E-state index contributed by atoms with van der Waals surface area (Å²) in [6, 6.07) is 13.9. The Bertz CT molecular complexity index is 1040. The molecular formula is C22H18F3NO4S. The molecule has 0 bridgehead atoms. The maximum absolute atomic E-state index is 12.5. The molecule has 9 heteroatoms. The van der Waals surface area contributed by atoms with Crippen molar-refractivity contribution in [3.63, 3.8) is 0 Å². The number of carbonyl (C=O) groups excluding carboxylic acids is 2. The topological polar surface area (TPSA) is 64.6 Å². The molecule has 0 atom stereocenters. The standard InChI is InChI=1S/C22H18F3NO4S/c1-2-29-20(27)11-14-3-7-17(8-4-14)26-21(28)19-12-16(13-31-19)15-5-9-18(10-6-15)30-22(23,24)25/h3-10,12-13H,2,11H2,1H3,(H,26,28). The van der Waals surface area contributed by atoms with Crippen molar-refractivity contribution in [2.75, 3.05) is 11.9 Å². The summed E-state index contributed by atoms with van der Waals surface area (Å²) in [5, 5.41) is 4.52. The van der Waals surface area contributed by atoms with Crippen molar-refractivity contribution in [3.8, 4) is 16.9 Å². The highest BCUT2D eigenvalue weighted by molar-refractivity contribution is 7.12. The number of carbonyl (C=O) groups is 2. The first kappa shape index (κ1) is 22.4. The van der Waals surface area contributed by atoms with Gasteiger partial charge in [0.2, 0.25) is 0 Å². The van der Waals surface area contributed by atoms with Crippen LogP contribution in [0.4, 0.5) is 18.9 Å². The fraction of sp³-hybridized carbons (Fsp3) is 0.182. The SMILES string of the molecule is CCOC(=O)Cc1ccc(NC(=O)c2cc(-c3ccc(OC(F)(F)F)cc3)cs2)cc1. The molecule has 1 amide bonds. The fourth-order valence-corrected chi connectivity index (χ4v) is 3.54. The van der Waals surface area contributed by atoms with E-state index in [9.17, 15) is 22.8 Å². The molecule has 1 heterocycles. The van der Waals surface area contributed by atoms with Crippen molar-refractivity contribution in [3.05, 3.63) is 70.4 Å². The minimum atomic E-state index is -4.74. The number of nitrogens with one attached hydrogen (secondary N) is 1. The third kappa shape index (κ3) is 6.58. The van der Waals surface area contributed by atoms with Crippen LogP contribution < -0.4 is 10.1 Å². The average molecular weight is 449 g/mol. The number of hydrogen-bond donors (Lipinski definition) is 1. The van der Waals surface area contributed by atoms with E-state index in [0.717, 1.165) is 5.56 Å². The first-order chi connectivity index (χ1) is 14.7. The first-order valence-electron chi connectivity index (χ1n) is 9.24. The number of alkyl halides is 3. The van der Waals surface area contributed by atoms with Gasteiger partial charge in [-0.15, -0.1) is 24.5 Å². The summed E-state index contributed by atoms with van der Waals surface area (Å²) in [5.41, 5.74) is 2.71. The van der Waals surface area contributed by atoms with Crippen LogP contribution in [0.1, 0.15) is 22.2 Å². The fourth-order valence-electron chi connectivity index (χ4n) is 2.73. The molecule has 3 rings (SSSR count). The zero-order valence-corrected chi connectivity index (χ0v) is 17.2. The van der Waals surface area contributed by atoms with E-state index in [4.69, 9.17) is 4.74 Å². The molecule has 162 valence electrons. The minimum absolute atomic E-state index is 0.156. The predicted octanol–water partition coefficient (Wildman–Crippen LogP) is 5.67. The number of benzene rings is 2. The number of rotatable bonds is 7. The van der Waals surface area contributed by atoms with Gasteiger partial charge >= 0.3 is 12.3 Å². The number of anilines is 1. The van der Waals surface area contributed by atoms with Gasteiger partial charge in [0.25, 0.3) is 5.91 Å². The highest BCUT2D eigenvalue weighted by Crippen LogP contribution is 2.29. The second-order valence-corrected chi connectivity index (χ2v) is 7.32. The quantitative estimate of drug-likeness (QED) is 0.472. The summed E-state index contributed by atoms with van der Waals surface area (Å²) in [4.78, 5) is 24.5. The highest BCUT2D eigenvalue weighted by atomic mass is 32.1. The number of hydrogen-bond acceptors (Lipinski definition) is 5. The minimum Gasteiger partial charge on any atom is -0.466 e. The van der Waals surface area contributed by atoms with Crippen molar-refractivity contribution in [1.82, 2.24) is 0 Å². The molecule has 0 spiro atoms. The molecule has 0 radical (unpaired) electrons. The Hall–Kier alpha value is -3.33. The summed E-state index contributed by atoms with van der Waals surface area (Å²) in [6.45, 7) is 2.06. The van der Waals surface area contributed by atoms with Crippen LogP contribution in [0.2, 0.25) is 0 Å². The van der Waals surface area contributed by atoms with Gasteiger partial charge < -0.3 is 14.8 Å². The summed E-state index contributed by atoms with van der Waals surface area (Å²) in [6.07, 6.45) is -4.59. The van der Waals surface area contributed by atoms with E-state index in [1.165, 1.54) is 35.6 Å². The molecule has 0 aliphatic carbocycles. The van der Waals surface area contributed by atoms with Crippen molar-refractivity contribution in [2.45, 2.75) is 19.7 Å². The number of amides is 1. The van der Waals surface area contributed by atoms with Crippen LogP contribution in [0.15, 0.2) is 60.0 Å². The Kier molecular flexibility index (Phi) is 6.96. The summed E-state index contributed by atoms with van der Waals surface area (Å²) in [7, 11) is 0. The second kappa shape index (κ2) is 9.65. The van der Waals surface area contributed by atoms with Gasteiger partial charge in [0.15, 0.2) is 0 Å². The van der Waals surface area contributed by atoms with Crippen LogP contribution in [0.5, 0.6) is 5.75 Å². The summed E-state index contributed by atoms with van der Waals surface area (Å²) >= 11 is 1.22. The lowest BCUT2D eigenvalue weighted by Crippen LogP contribution is -2.16. The predicted molar refractivity (Wildman–Crippen MR) is 111 cm³/mol. The largest absolute Gasteiger partial charge is 0.573 e. The molecule has 5 nitrogen and oxygen atoms in total. The number of halogens is 3. The van der Waals surface area contributed by atoms with Crippen LogP contribution in [-0.4, -0.2) is 24.8 Å². The molecule has 0 unspecified atom stereocenters. The third-order valence-electron chi connectivity index (χ3n) is 4.11. The van der Waals surface area contributed by atoms with Gasteiger partial charge in [-0.3, -0.25) is 9.59 Å². The first-order valence-corrected chi connectivity index (χ1v) is 10.1. The zero-order valence-electron chi connectivity index (χ0n) is 16.4. The van der Waals surface area contributed by atoms with E-state index < -0.39 is 6.36 Å². The summed E-state index contributed by atoms with van der Waals surface area (Å²) in [5.74, 6) is -0.939. The Morgan fingerprint density at radius 1 is 1.00 bits per heavy atom. The highest BCUT2D eigenvalue weighted by Gasteiger charge is 2.31. The van der Waals surface area contributed by atoms with Gasteiger partial charge in [-0.1, -0.05) is 24.3 Å². The summed E-state index contributed by atoms with van der Waals surface area (Å²) < 4.78 is 45.5. The Morgan fingerprint density at radius 3 is 2.29 bits per heavy atom. The van der Waals surface area contributed by atoms with E-state index in [2.05, 4.69) is 10.1 Å². The molecule has 2 aromatic carbocycles. The van der Waals surface area contributed by atoms with Gasteiger partial charge in [-0.2, -0.15) is 0 Å². The number of thiophene rings is 1. The maximum Gasteiger partial charge on any atom is 0.573 e. The molecule has 0 saturated heterocycles. The van der Waals surface area contributed by atoms with E-state index >= 15 is 0 Å². The molecule has 0 aliphatic heterocycles. The lowest BCUT2D eigenvalue weighted by Gasteiger charge is -2.08. The Balaban J connectivity index is 1.62. The van der Waals surface area contributed by atoms with Gasteiger partial charge in [-0.05, 0) is 59.3 Å². The van der Waals surface area contributed by atoms with Crippen LogP contribution in [0, 0.1) is 0 Å². The van der Waals surface area contributed by atoms with Crippen molar-refractivity contribution >= 4 is 28.9 Å². The maximum atomic E-state index is 12.5. The van der Waals surface area contributed by atoms with Gasteiger partial charge in [-0.25, -0.2) is 0 Å². The van der Waals surface area contributed by atoms with Crippen LogP contribution in [0.3, 0.4) is 0 Å². The molecule has 3 aromatic rings. The molecule has 1 N–H and O–H groups in total. The van der Waals surface area contributed by atoms with E-state index in [-0.39, 0.29) is 24.0 Å². The van der Waals surface area contributed by atoms with Gasteiger partial charge in [0.05, 0.1) is 17.9 Å². The molecule has 1 aromatic heterocycles. The average Bonchev–Trinajstić information content (AvgIpc) is 3.19. The molecule has 0 saturated carbocycles. The van der Waals surface area contributed by atoms with Crippen molar-refractivity contribution in [2.24, 2.45) is 0 Å². The lowest BCUT2D eigenvalue weighted by atomic mass is 10.1. The van der Waals surface area contributed by atoms with Gasteiger partial charge in [0.1, 0.15) is 5.75 Å². The van der Waals surface area contributed by atoms with E-state index in [0.29, 0.717) is 28.3 Å². The molecule has 0 fully saturated rings. The van der Waals surface area contributed by atoms with Crippen LogP contribution in [0.25, 0.3) is 11.1 Å². The normalized spacial score (nSPS) is 11.1. The van der Waals surface area contributed by atoms with E-state index in [1.54, 1.807) is 42.6 Å². The van der Waals surface area contributed by atoms with Crippen molar-refractivity contribution < 1.29 is 32.2 Å². The van der Waals surface area contributed by atoms with Crippen molar-refractivity contribution in [1.29, 1.82) is 0 Å². The monoisotopic (exact) mass is 449 g/mol. The van der Waals surface area contributed by atoms with Crippen LogP contribution in [-0.2, 0) is 16.0 Å². The van der Waals surface area contributed by atoms with E-state index in [1.807, 2.05) is 0 Å². The number of ether oxygens (including phenoxy) is 2. The van der Waals surface area contributed by atoms with Crippen LogP contribution >= 0.6 is 11.3 Å². The smallest absolute Gasteiger partial charge is 0.466 e. The lowest BCUT2D eigenvalue weighted by molar-refractivity contribution is -0.274. The third-order valence-corrected chi connectivity index (χ3v) is 5.04. The Labute approximate surface area is 180 Å². The number of esters is 1. The van der Waals surface area contributed by atoms with Gasteiger partial charge in [0, 0.05) is 5.69 Å². The molecular weight excluding hydrogens is 431 g/mol. The Morgan fingerprint density at radius 2 is 1.68 bits per heavy atom. The molecule has 31 heavy (non-hydrogen) atoms. The zero-order chi connectivity index (χ0) is 22.4.